The Morgan fingerprint density at radius 1 is 0.489 bits per heavy atom. The van der Waals surface area contributed by atoms with Gasteiger partial charge in [-0.15, -0.1) is 27.9 Å². The molecule has 139 heavy (non-hydrogen) atoms. The molecule has 748 valence electrons. The molecule has 0 saturated carbocycles. The number of rotatable bonds is 21. The molecule has 4 aliphatic heterocycles. The lowest BCUT2D eigenvalue weighted by atomic mass is 9.95. The molecule has 4 fully saturated rings. The maximum Gasteiger partial charge on any atom is 0.407 e. The average Bonchev–Trinajstić information content (AvgIpc) is 1.55. The number of ether oxygens (including phenoxy) is 7. The normalized spacial score (nSPS) is 15.8. The number of carbonyl (C=O) groups is 8. The molecule has 29 nitrogen and oxygen atoms in total. The number of aromatic amines is 2. The van der Waals surface area contributed by atoms with E-state index in [9.17, 15) is 64.7 Å². The lowest BCUT2D eigenvalue weighted by Gasteiger charge is -2.33. The number of alkyl carbamates (subject to hydrolysis) is 2. The largest absolute Gasteiger partial charge is 0.494 e. The van der Waals surface area contributed by atoms with E-state index >= 15 is 0 Å². The first kappa shape index (κ1) is 112. The van der Waals surface area contributed by atoms with E-state index in [2.05, 4.69) is 46.0 Å². The third kappa shape index (κ3) is 35.5. The molecule has 5 amide bonds. The lowest BCUT2D eigenvalue weighted by Crippen LogP contribution is -2.53. The molecular formula is C100H119Cl4F6N14O15+. The van der Waals surface area contributed by atoms with Crippen LogP contribution in [-0.2, 0) is 60.8 Å². The molecule has 9 aromatic rings. The van der Waals surface area contributed by atoms with Crippen LogP contribution in [0.3, 0.4) is 0 Å². The Kier molecular flexibility index (Phi) is 41.9. The quantitative estimate of drug-likeness (QED) is 0.00849. The first-order valence-corrected chi connectivity index (χ1v) is 46.7. The SMILES string of the molecule is CC(C)(C)OC(=O)C[C@@H]1CCCN(C(=O)CCl)C1.CC(C)(C)OC(=O)C[C@@H]1CCCNC1.COc1ccc(-c2[nH]ncc2-c2ccc(Cl)c(F)c2)cc1F.O=C(Cl)CCl.[C-]#[N+]c1ccc(-c2c[n+](CC(=O)N3CCC[C@@H](NC(=O)OC(C)(C)C)C3)[nH]c2-c2ccc(OC)c(F)c2)cc1F.[C-]#[N+]c1ccc(-c2cnn(CC(=O)N3CCC[C@@H](NC(=O)OC(C)(C)C)C3)c2-c2ccc(OC)c(F)c2)cc1F. The van der Waals surface area contributed by atoms with E-state index in [1.807, 2.05) is 41.5 Å². The average molecular weight is 2010 g/mol. The number of alkyl halides is 2. The molecule has 6 aromatic carbocycles. The second-order valence-corrected chi connectivity index (χ2v) is 38.4. The van der Waals surface area contributed by atoms with Gasteiger partial charge in [0, 0.05) is 85.6 Å². The van der Waals surface area contributed by atoms with Gasteiger partial charge in [-0.2, -0.15) is 15.3 Å². The van der Waals surface area contributed by atoms with Gasteiger partial charge in [-0.05, 0) is 267 Å². The number of likely N-dealkylation sites (tertiary alicyclic amines) is 3. The van der Waals surface area contributed by atoms with E-state index in [0.717, 1.165) is 51.7 Å². The van der Waals surface area contributed by atoms with Gasteiger partial charge in [-0.1, -0.05) is 41.9 Å². The number of amides is 5. The molecule has 0 bridgehead atoms. The lowest BCUT2D eigenvalue weighted by molar-refractivity contribution is -0.738. The molecule has 3 aromatic heterocycles. The molecule has 0 spiro atoms. The summed E-state index contributed by atoms with van der Waals surface area (Å²) in [6.45, 7) is 41.1. The van der Waals surface area contributed by atoms with Crippen molar-refractivity contribution in [3.05, 3.63) is 191 Å². The highest BCUT2D eigenvalue weighted by atomic mass is 35.5. The molecule has 0 radical (unpaired) electrons. The maximum atomic E-state index is 14.7. The van der Waals surface area contributed by atoms with Crippen LogP contribution in [0.15, 0.2) is 128 Å². The minimum Gasteiger partial charge on any atom is -0.494 e. The number of carbonyl (C=O) groups excluding carboxylic acids is 8. The van der Waals surface area contributed by atoms with Gasteiger partial charge < -0.3 is 63.8 Å². The molecule has 0 unspecified atom stereocenters. The number of piperidine rings is 4. The van der Waals surface area contributed by atoms with Crippen LogP contribution in [0.2, 0.25) is 5.02 Å². The van der Waals surface area contributed by atoms with Crippen LogP contribution in [0.5, 0.6) is 17.2 Å². The highest BCUT2D eigenvalue weighted by Crippen LogP contribution is 2.40. The van der Waals surface area contributed by atoms with E-state index in [0.29, 0.717) is 131 Å². The predicted octanol–water partition coefficient (Wildman–Crippen LogP) is 20.1. The maximum absolute atomic E-state index is 14.7. The number of esters is 2. The Bertz CT molecular complexity index is 5770. The molecule has 7 heterocycles. The molecular weight excluding hydrogens is 1890 g/mol. The summed E-state index contributed by atoms with van der Waals surface area (Å²) in [5, 5.41) is 22.8. The van der Waals surface area contributed by atoms with E-state index in [-0.39, 0.29) is 112 Å². The van der Waals surface area contributed by atoms with Crippen molar-refractivity contribution in [3.63, 3.8) is 0 Å². The topological polar surface area (TPSA) is 322 Å². The van der Waals surface area contributed by atoms with Crippen LogP contribution in [0.1, 0.15) is 147 Å². The highest BCUT2D eigenvalue weighted by Gasteiger charge is 2.34. The van der Waals surface area contributed by atoms with Gasteiger partial charge in [0.2, 0.25) is 41.2 Å². The van der Waals surface area contributed by atoms with E-state index in [1.165, 1.54) is 111 Å². The molecule has 13 rings (SSSR count). The number of benzene rings is 6. The number of H-pyrrole nitrogens is 2. The summed E-state index contributed by atoms with van der Waals surface area (Å²) in [6, 6.07) is 25.7. The van der Waals surface area contributed by atoms with Crippen molar-refractivity contribution in [2.45, 2.75) is 195 Å². The van der Waals surface area contributed by atoms with Gasteiger partial charge in [0.15, 0.2) is 34.7 Å². The standard InChI is InChI=1S/2C29H31F2N5O4.C16H11ClF2N2O.C13H22ClNO3.C11H21NO2.C2H2Cl2O/c1-29(2,3)40-28(38)34-20-7-6-12-35(16-20)26(37)17-36-27(19-9-11-25(39-5)23(31)14-19)21(15-33-36)18-8-10-24(32-4)22(30)13-18;1-29(2,3)40-28(38)33-20-7-6-12-35(15-20)26(37)17-36-16-21(18-8-10-24(32-4)22(30)13-18)27(34-36)19-9-11-25(39-5)23(31)14-19;1-22-15-5-3-10(7-14(15)19)16-11(8-20-21-16)9-2-4-12(17)13(18)6-9;1-13(2,3)18-12(17)7-10-5-4-6-15(9-10)11(16)8-14;1-11(2,3)14-10(13)7-9-5-4-6-12-8-9;3-1-2(4)5/h8-11,13-15,20H,6-7,12,16-17H2,1-3,5H3,(H,34,38);8-11,13-14,16,20H,6-7,12,15,17H2,1-3,5H3,(H,33,38);2-8H,1H3,(H,20,21);10H,4-9H2,1-3H3;9,12H,4-8H2,1-3H3;1H2/p+1/t2*20-;;10-;9-;/m11.00./s1. The Morgan fingerprint density at radius 2 is 0.914 bits per heavy atom. The Hall–Kier alpha value is -12.4. The van der Waals surface area contributed by atoms with Crippen molar-refractivity contribution in [1.29, 1.82) is 0 Å². The van der Waals surface area contributed by atoms with Gasteiger partial charge in [0.05, 0.1) is 81.1 Å². The minimum absolute atomic E-state index is 0.0131. The van der Waals surface area contributed by atoms with Crippen LogP contribution in [-0.4, -0.2) is 207 Å². The summed E-state index contributed by atoms with van der Waals surface area (Å²) in [7, 11) is 4.13. The fraction of sp³-hybridized carbons (Fsp3) is 0.450. The van der Waals surface area contributed by atoms with E-state index in [1.54, 1.807) is 110 Å². The second-order valence-electron chi connectivity index (χ2n) is 37.0. The summed E-state index contributed by atoms with van der Waals surface area (Å²) in [5.74, 6) is -3.42. The molecule has 4 aliphatic rings. The first-order valence-electron chi connectivity index (χ1n) is 44.9. The summed E-state index contributed by atoms with van der Waals surface area (Å²) in [4.78, 5) is 107. The molecule has 4 saturated heterocycles. The zero-order chi connectivity index (χ0) is 102. The van der Waals surface area contributed by atoms with Crippen molar-refractivity contribution in [3.8, 4) is 84.4 Å². The first-order chi connectivity index (χ1) is 65.6. The smallest absolute Gasteiger partial charge is 0.407 e. The molecule has 39 heteroatoms. The molecule has 5 N–H and O–H groups in total. The summed E-state index contributed by atoms with van der Waals surface area (Å²) in [5.41, 5.74) is 3.76. The number of nitrogens with one attached hydrogen (secondary N) is 5. The molecule has 0 aliphatic carbocycles. The zero-order valence-electron chi connectivity index (χ0n) is 80.4. The highest BCUT2D eigenvalue weighted by molar-refractivity contribution is 6.67. The van der Waals surface area contributed by atoms with Gasteiger partial charge in [-0.25, -0.2) is 45.6 Å². The monoisotopic (exact) mass is 2010 g/mol. The van der Waals surface area contributed by atoms with Crippen molar-refractivity contribution in [2.75, 3.05) is 85.4 Å². The Labute approximate surface area is 825 Å². The third-order valence-corrected chi connectivity index (χ3v) is 22.5. The number of nitrogens with zero attached hydrogens (tertiary/aromatic N) is 9. The van der Waals surface area contributed by atoms with Crippen LogP contribution >= 0.6 is 46.4 Å². The Morgan fingerprint density at radius 3 is 1.37 bits per heavy atom. The number of aromatic nitrogens is 6. The third-order valence-electron chi connectivity index (χ3n) is 21.4. The zero-order valence-corrected chi connectivity index (χ0v) is 83.4. The van der Waals surface area contributed by atoms with Gasteiger partial charge in [0.1, 0.15) is 58.0 Å². The summed E-state index contributed by atoms with van der Waals surface area (Å²) < 4.78 is 125. The number of hydrogen-bond donors (Lipinski definition) is 5. The van der Waals surface area contributed by atoms with E-state index in [4.69, 9.17) is 92.7 Å². The van der Waals surface area contributed by atoms with Gasteiger partial charge >= 0.3 is 24.1 Å². The fourth-order valence-electron chi connectivity index (χ4n) is 15.3. The predicted molar refractivity (Wildman–Crippen MR) is 517 cm³/mol. The van der Waals surface area contributed by atoms with Crippen LogP contribution in [0.4, 0.5) is 47.3 Å². The Balaban J connectivity index is 0.000000221. The van der Waals surface area contributed by atoms with Crippen molar-refractivity contribution in [1.82, 2.24) is 55.7 Å². The van der Waals surface area contributed by atoms with Crippen molar-refractivity contribution in [2.24, 2.45) is 11.8 Å². The van der Waals surface area contributed by atoms with Crippen LogP contribution in [0.25, 0.3) is 76.8 Å². The van der Waals surface area contributed by atoms with Crippen molar-refractivity contribution < 1.29 is 103 Å². The minimum atomic E-state index is -0.694. The number of methoxy groups -OCH3 is 3. The second kappa shape index (κ2) is 52.0. The summed E-state index contributed by atoms with van der Waals surface area (Å²) >= 11 is 20.8. The van der Waals surface area contributed by atoms with Gasteiger partial charge in [0.25, 0.3) is 5.91 Å². The fourth-order valence-corrected chi connectivity index (χ4v) is 15.6. The van der Waals surface area contributed by atoms with E-state index < -0.39 is 69.1 Å². The van der Waals surface area contributed by atoms with Crippen molar-refractivity contribution >= 4 is 105 Å². The number of halogens is 10. The van der Waals surface area contributed by atoms with Gasteiger partial charge in [-0.3, -0.25) is 38.5 Å². The molecule has 4 atom stereocenters. The summed E-state index contributed by atoms with van der Waals surface area (Å²) in [6.07, 6.45) is 11.6. The van der Waals surface area contributed by atoms with Crippen LogP contribution < -0.4 is 34.8 Å². The van der Waals surface area contributed by atoms with Crippen LogP contribution in [0, 0.1) is 59.9 Å². The number of hydrogen-bond acceptors (Lipinski definition) is 18.